The Kier molecular flexibility index (Phi) is 5.99. The van der Waals surface area contributed by atoms with Crippen molar-refractivity contribution in [1.82, 2.24) is 19.9 Å². The highest BCUT2D eigenvalue weighted by Gasteiger charge is 2.23. The molecule has 1 saturated heterocycles. The SMILES string of the molecule is CCCCN(C)c1cncc(C(=O)N2CCN(c3ncccn3)CC2)c1. The van der Waals surface area contributed by atoms with Crippen LogP contribution in [-0.2, 0) is 0 Å². The van der Waals surface area contributed by atoms with Crippen molar-refractivity contribution in [2.24, 2.45) is 0 Å². The van der Waals surface area contributed by atoms with Crippen LogP contribution in [0.4, 0.5) is 11.6 Å². The van der Waals surface area contributed by atoms with Gasteiger partial charge < -0.3 is 14.7 Å². The Balaban J connectivity index is 1.62. The van der Waals surface area contributed by atoms with Crippen LogP contribution in [0.5, 0.6) is 0 Å². The number of carbonyl (C=O) groups excluding carboxylic acids is 1. The normalized spacial score (nSPS) is 14.4. The van der Waals surface area contributed by atoms with Crippen LogP contribution in [-0.4, -0.2) is 65.5 Å². The summed E-state index contributed by atoms with van der Waals surface area (Å²) in [6, 6.07) is 3.75. The van der Waals surface area contributed by atoms with Gasteiger partial charge in [0.15, 0.2) is 0 Å². The van der Waals surface area contributed by atoms with Crippen LogP contribution in [0, 0.1) is 0 Å². The number of unbranched alkanes of at least 4 members (excludes halogenated alkanes) is 1. The standard InChI is InChI=1S/C19H26N6O/c1-3-4-8-23(2)17-13-16(14-20-15-17)18(26)24-9-11-25(12-10-24)19-21-6-5-7-22-19/h5-7,13-15H,3-4,8-12H2,1-2H3. The van der Waals surface area contributed by atoms with E-state index in [9.17, 15) is 4.79 Å². The number of aromatic nitrogens is 3. The minimum absolute atomic E-state index is 0.0388. The molecule has 3 heterocycles. The van der Waals surface area contributed by atoms with E-state index in [4.69, 9.17) is 0 Å². The van der Waals surface area contributed by atoms with Gasteiger partial charge in [-0.2, -0.15) is 0 Å². The van der Waals surface area contributed by atoms with Gasteiger partial charge in [0.1, 0.15) is 0 Å². The van der Waals surface area contributed by atoms with Crippen molar-refractivity contribution in [2.45, 2.75) is 19.8 Å². The van der Waals surface area contributed by atoms with Crippen molar-refractivity contribution in [2.75, 3.05) is 49.6 Å². The summed E-state index contributed by atoms with van der Waals surface area (Å²) in [6.07, 6.45) is 9.23. The first-order valence-electron chi connectivity index (χ1n) is 9.16. The summed E-state index contributed by atoms with van der Waals surface area (Å²) >= 11 is 0. The number of anilines is 2. The average molecular weight is 354 g/mol. The first-order valence-corrected chi connectivity index (χ1v) is 9.16. The van der Waals surface area contributed by atoms with E-state index in [1.807, 2.05) is 24.2 Å². The minimum atomic E-state index is 0.0388. The van der Waals surface area contributed by atoms with Crippen LogP contribution >= 0.6 is 0 Å². The van der Waals surface area contributed by atoms with E-state index >= 15 is 0 Å². The number of carbonyl (C=O) groups is 1. The van der Waals surface area contributed by atoms with Gasteiger partial charge >= 0.3 is 0 Å². The topological polar surface area (TPSA) is 65.5 Å². The first kappa shape index (κ1) is 18.1. The summed E-state index contributed by atoms with van der Waals surface area (Å²) < 4.78 is 0. The van der Waals surface area contributed by atoms with Gasteiger partial charge in [0.25, 0.3) is 5.91 Å². The molecule has 1 fully saturated rings. The number of rotatable bonds is 6. The van der Waals surface area contributed by atoms with E-state index in [0.29, 0.717) is 18.7 Å². The molecule has 0 unspecified atom stereocenters. The number of hydrogen-bond acceptors (Lipinski definition) is 6. The van der Waals surface area contributed by atoms with Gasteiger partial charge in [-0.1, -0.05) is 13.3 Å². The Labute approximate surface area is 154 Å². The van der Waals surface area contributed by atoms with E-state index < -0.39 is 0 Å². The fourth-order valence-electron chi connectivity index (χ4n) is 3.02. The van der Waals surface area contributed by atoms with Gasteiger partial charge in [0.05, 0.1) is 17.4 Å². The van der Waals surface area contributed by atoms with Gasteiger partial charge in [-0.25, -0.2) is 9.97 Å². The third-order valence-corrected chi connectivity index (χ3v) is 4.66. The zero-order valence-electron chi connectivity index (χ0n) is 15.5. The molecule has 2 aromatic heterocycles. The molecule has 1 aliphatic heterocycles. The van der Waals surface area contributed by atoms with Crippen molar-refractivity contribution in [1.29, 1.82) is 0 Å². The number of hydrogen-bond donors (Lipinski definition) is 0. The minimum Gasteiger partial charge on any atom is -0.373 e. The number of pyridine rings is 1. The maximum atomic E-state index is 12.8. The lowest BCUT2D eigenvalue weighted by Gasteiger charge is -2.34. The fraction of sp³-hybridized carbons (Fsp3) is 0.474. The second-order valence-electron chi connectivity index (χ2n) is 6.53. The molecule has 2 aromatic rings. The zero-order valence-corrected chi connectivity index (χ0v) is 15.5. The van der Waals surface area contributed by atoms with Gasteiger partial charge in [0.2, 0.25) is 5.95 Å². The van der Waals surface area contributed by atoms with Gasteiger partial charge in [-0.3, -0.25) is 9.78 Å². The highest BCUT2D eigenvalue weighted by Crippen LogP contribution is 2.17. The number of nitrogens with zero attached hydrogens (tertiary/aromatic N) is 6. The lowest BCUT2D eigenvalue weighted by Crippen LogP contribution is -2.49. The highest BCUT2D eigenvalue weighted by atomic mass is 16.2. The summed E-state index contributed by atoms with van der Waals surface area (Å²) in [4.78, 5) is 31.8. The van der Waals surface area contributed by atoms with Crippen molar-refractivity contribution >= 4 is 17.5 Å². The second-order valence-corrected chi connectivity index (χ2v) is 6.53. The van der Waals surface area contributed by atoms with E-state index in [-0.39, 0.29) is 5.91 Å². The molecule has 1 aliphatic rings. The van der Waals surface area contributed by atoms with Crippen LogP contribution in [0.1, 0.15) is 30.1 Å². The van der Waals surface area contributed by atoms with Crippen LogP contribution in [0.25, 0.3) is 0 Å². The molecule has 0 bridgehead atoms. The van der Waals surface area contributed by atoms with Gasteiger partial charge in [-0.05, 0) is 18.6 Å². The summed E-state index contributed by atoms with van der Waals surface area (Å²) in [6.45, 7) is 5.93. The predicted octanol–water partition coefficient (Wildman–Crippen LogP) is 2.07. The Hall–Kier alpha value is -2.70. The van der Waals surface area contributed by atoms with E-state index in [1.165, 1.54) is 0 Å². The van der Waals surface area contributed by atoms with Crippen LogP contribution in [0.15, 0.2) is 36.9 Å². The Morgan fingerprint density at radius 1 is 1.15 bits per heavy atom. The summed E-state index contributed by atoms with van der Waals surface area (Å²) in [5.74, 6) is 0.762. The molecule has 0 aromatic carbocycles. The second kappa shape index (κ2) is 8.60. The first-order chi connectivity index (χ1) is 12.7. The highest BCUT2D eigenvalue weighted by molar-refractivity contribution is 5.95. The molecule has 0 radical (unpaired) electrons. The van der Waals surface area contributed by atoms with E-state index in [2.05, 4.69) is 31.7 Å². The molecule has 0 N–H and O–H groups in total. The fourth-order valence-corrected chi connectivity index (χ4v) is 3.02. The molecule has 0 saturated carbocycles. The molecule has 7 nitrogen and oxygen atoms in total. The van der Waals surface area contributed by atoms with Crippen LogP contribution in [0.2, 0.25) is 0 Å². The smallest absolute Gasteiger partial charge is 0.255 e. The van der Waals surface area contributed by atoms with Crippen LogP contribution < -0.4 is 9.80 Å². The molecule has 138 valence electrons. The molecule has 0 atom stereocenters. The molecule has 3 rings (SSSR count). The third kappa shape index (κ3) is 4.28. The molecular formula is C19H26N6O. The molecular weight excluding hydrogens is 328 g/mol. The van der Waals surface area contributed by atoms with Crippen molar-refractivity contribution in [3.05, 3.63) is 42.5 Å². The maximum absolute atomic E-state index is 12.8. The lowest BCUT2D eigenvalue weighted by molar-refractivity contribution is 0.0746. The Bertz CT molecular complexity index is 715. The van der Waals surface area contributed by atoms with E-state index in [0.717, 1.165) is 44.1 Å². The van der Waals surface area contributed by atoms with Crippen LogP contribution in [0.3, 0.4) is 0 Å². The molecule has 7 heteroatoms. The Morgan fingerprint density at radius 3 is 2.58 bits per heavy atom. The summed E-state index contributed by atoms with van der Waals surface area (Å²) in [7, 11) is 2.04. The van der Waals surface area contributed by atoms with Crippen molar-refractivity contribution in [3.8, 4) is 0 Å². The quantitative estimate of drug-likeness (QED) is 0.791. The van der Waals surface area contributed by atoms with Gasteiger partial charge in [0, 0.05) is 58.4 Å². The lowest BCUT2D eigenvalue weighted by atomic mass is 10.2. The third-order valence-electron chi connectivity index (χ3n) is 4.66. The monoisotopic (exact) mass is 354 g/mol. The molecule has 1 amide bonds. The van der Waals surface area contributed by atoms with Crippen molar-refractivity contribution < 1.29 is 4.79 Å². The van der Waals surface area contributed by atoms with Gasteiger partial charge in [-0.15, -0.1) is 0 Å². The Morgan fingerprint density at radius 2 is 1.88 bits per heavy atom. The van der Waals surface area contributed by atoms with Crippen molar-refractivity contribution in [3.63, 3.8) is 0 Å². The molecule has 0 aliphatic carbocycles. The zero-order chi connectivity index (χ0) is 18.4. The number of piperazine rings is 1. The van der Waals surface area contributed by atoms with E-state index in [1.54, 1.807) is 24.7 Å². The number of amides is 1. The largest absolute Gasteiger partial charge is 0.373 e. The summed E-state index contributed by atoms with van der Waals surface area (Å²) in [5, 5.41) is 0. The molecule has 26 heavy (non-hydrogen) atoms. The molecule has 0 spiro atoms. The summed E-state index contributed by atoms with van der Waals surface area (Å²) in [5.41, 5.74) is 1.64. The predicted molar refractivity (Wildman–Crippen MR) is 103 cm³/mol. The average Bonchev–Trinajstić information content (AvgIpc) is 2.72. The maximum Gasteiger partial charge on any atom is 0.255 e.